The topological polar surface area (TPSA) is 33.4 Å². The average molecular weight is 352 g/mol. The molecule has 0 fully saturated rings. The molecule has 0 saturated carbocycles. The van der Waals surface area contributed by atoms with Crippen molar-refractivity contribution in [2.45, 2.75) is 13.0 Å². The summed E-state index contributed by atoms with van der Waals surface area (Å²) in [5, 5.41) is 10.1. The molecular formula is C10H8Br2O2S. The third-order valence-electron chi connectivity index (χ3n) is 2.13. The molecular weight excluding hydrogens is 344 g/mol. The monoisotopic (exact) mass is 350 g/mol. The predicted octanol–water partition coefficient (Wildman–Crippen LogP) is 4.26. The van der Waals surface area contributed by atoms with Gasteiger partial charge in [-0.05, 0) is 56.5 Å². The van der Waals surface area contributed by atoms with Crippen molar-refractivity contribution in [3.63, 3.8) is 0 Å². The predicted molar refractivity (Wildman–Crippen MR) is 67.2 cm³/mol. The smallest absolute Gasteiger partial charge is 0.139 e. The number of rotatable bonds is 2. The van der Waals surface area contributed by atoms with Gasteiger partial charge in [0, 0.05) is 5.56 Å². The molecule has 2 nitrogen and oxygen atoms in total. The van der Waals surface area contributed by atoms with E-state index in [0.717, 1.165) is 18.7 Å². The molecule has 0 aliphatic heterocycles. The number of halogens is 2. The lowest BCUT2D eigenvalue weighted by Crippen LogP contribution is -1.98. The lowest BCUT2D eigenvalue weighted by Gasteiger charge is -2.07. The SMILES string of the molecule is Cc1ccoc1C(O)c1cc(Br)sc1Br. The van der Waals surface area contributed by atoms with Gasteiger partial charge in [-0.3, -0.25) is 0 Å². The largest absolute Gasteiger partial charge is 0.466 e. The molecule has 0 spiro atoms. The van der Waals surface area contributed by atoms with E-state index in [0.29, 0.717) is 5.76 Å². The van der Waals surface area contributed by atoms with E-state index in [-0.39, 0.29) is 0 Å². The Balaban J connectivity index is 2.40. The van der Waals surface area contributed by atoms with Gasteiger partial charge in [-0.25, -0.2) is 0 Å². The lowest BCUT2D eigenvalue weighted by molar-refractivity contribution is 0.188. The van der Waals surface area contributed by atoms with E-state index in [1.54, 1.807) is 6.26 Å². The Bertz CT molecular complexity index is 475. The second-order valence-electron chi connectivity index (χ2n) is 3.15. The van der Waals surface area contributed by atoms with Crippen LogP contribution in [0.1, 0.15) is 23.0 Å². The van der Waals surface area contributed by atoms with E-state index in [4.69, 9.17) is 4.42 Å². The van der Waals surface area contributed by atoms with Crippen LogP contribution in [0.4, 0.5) is 0 Å². The van der Waals surface area contributed by atoms with Crippen LogP contribution in [0.25, 0.3) is 0 Å². The molecule has 1 N–H and O–H groups in total. The summed E-state index contributed by atoms with van der Waals surface area (Å²) in [5.41, 5.74) is 1.78. The van der Waals surface area contributed by atoms with Gasteiger partial charge in [-0.2, -0.15) is 0 Å². The van der Waals surface area contributed by atoms with Crippen LogP contribution in [-0.2, 0) is 0 Å². The lowest BCUT2D eigenvalue weighted by atomic mass is 10.1. The van der Waals surface area contributed by atoms with Crippen LogP contribution in [0.2, 0.25) is 0 Å². The number of aryl methyl sites for hydroxylation is 1. The summed E-state index contributed by atoms with van der Waals surface area (Å²) >= 11 is 8.33. The van der Waals surface area contributed by atoms with Gasteiger partial charge in [0.2, 0.25) is 0 Å². The fraction of sp³-hybridized carbons (Fsp3) is 0.200. The highest BCUT2D eigenvalue weighted by Gasteiger charge is 2.20. The minimum Gasteiger partial charge on any atom is -0.466 e. The summed E-state index contributed by atoms with van der Waals surface area (Å²) in [6.45, 7) is 1.91. The Labute approximate surface area is 108 Å². The van der Waals surface area contributed by atoms with Crippen molar-refractivity contribution >= 4 is 43.2 Å². The molecule has 2 aromatic rings. The van der Waals surface area contributed by atoms with Gasteiger partial charge in [0.15, 0.2) is 0 Å². The summed E-state index contributed by atoms with van der Waals surface area (Å²) in [6, 6.07) is 3.73. The van der Waals surface area contributed by atoms with E-state index in [1.807, 2.05) is 19.1 Å². The summed E-state index contributed by atoms with van der Waals surface area (Å²) in [6.07, 6.45) is 0.875. The van der Waals surface area contributed by atoms with E-state index in [9.17, 15) is 5.11 Å². The molecule has 5 heteroatoms. The molecule has 0 bridgehead atoms. The van der Waals surface area contributed by atoms with Crippen molar-refractivity contribution in [1.82, 2.24) is 0 Å². The quantitative estimate of drug-likeness (QED) is 0.877. The van der Waals surface area contributed by atoms with Gasteiger partial charge in [0.05, 0.1) is 13.8 Å². The highest BCUT2D eigenvalue weighted by atomic mass is 79.9. The van der Waals surface area contributed by atoms with Crippen LogP contribution in [-0.4, -0.2) is 5.11 Å². The van der Waals surface area contributed by atoms with Gasteiger partial charge >= 0.3 is 0 Å². The minimum absolute atomic E-state index is 0.598. The van der Waals surface area contributed by atoms with Crippen molar-refractivity contribution in [3.8, 4) is 0 Å². The Morgan fingerprint density at radius 1 is 1.47 bits per heavy atom. The molecule has 0 aliphatic carbocycles. The molecule has 80 valence electrons. The van der Waals surface area contributed by atoms with Crippen LogP contribution < -0.4 is 0 Å². The maximum absolute atomic E-state index is 10.1. The molecule has 0 aliphatic rings. The number of aliphatic hydroxyl groups excluding tert-OH is 1. The van der Waals surface area contributed by atoms with E-state index >= 15 is 0 Å². The Morgan fingerprint density at radius 3 is 2.67 bits per heavy atom. The molecule has 0 saturated heterocycles. The normalized spacial score (nSPS) is 13.1. The van der Waals surface area contributed by atoms with Gasteiger partial charge in [0.1, 0.15) is 11.9 Å². The Hall–Kier alpha value is -0.100. The summed E-state index contributed by atoms with van der Waals surface area (Å²) in [4.78, 5) is 0. The average Bonchev–Trinajstić information content (AvgIpc) is 2.71. The van der Waals surface area contributed by atoms with Gasteiger partial charge in [-0.15, -0.1) is 11.3 Å². The van der Waals surface area contributed by atoms with E-state index in [1.165, 1.54) is 11.3 Å². The minimum atomic E-state index is -0.711. The van der Waals surface area contributed by atoms with Crippen molar-refractivity contribution in [2.24, 2.45) is 0 Å². The van der Waals surface area contributed by atoms with Crippen LogP contribution in [0, 0.1) is 6.92 Å². The second-order valence-corrected chi connectivity index (χ2v) is 6.90. The molecule has 0 radical (unpaired) electrons. The fourth-order valence-electron chi connectivity index (χ4n) is 1.35. The highest BCUT2D eigenvalue weighted by molar-refractivity contribution is 9.12. The fourth-order valence-corrected chi connectivity index (χ4v) is 4.23. The molecule has 2 heterocycles. The maximum atomic E-state index is 10.1. The number of hydrogen-bond acceptors (Lipinski definition) is 3. The first-order chi connectivity index (χ1) is 7.09. The summed E-state index contributed by atoms with van der Waals surface area (Å²) in [5.74, 6) is 0.598. The number of furan rings is 1. The Morgan fingerprint density at radius 2 is 2.20 bits per heavy atom. The first kappa shape index (κ1) is 11.4. The Kier molecular flexibility index (Phi) is 3.35. The van der Waals surface area contributed by atoms with Gasteiger partial charge in [0.25, 0.3) is 0 Å². The van der Waals surface area contributed by atoms with Crippen LogP contribution in [0.5, 0.6) is 0 Å². The molecule has 0 amide bonds. The van der Waals surface area contributed by atoms with Crippen LogP contribution in [0.15, 0.2) is 30.4 Å². The van der Waals surface area contributed by atoms with Gasteiger partial charge in [-0.1, -0.05) is 0 Å². The van der Waals surface area contributed by atoms with E-state index < -0.39 is 6.10 Å². The third-order valence-corrected chi connectivity index (χ3v) is 4.51. The highest BCUT2D eigenvalue weighted by Crippen LogP contribution is 2.38. The first-order valence-electron chi connectivity index (χ1n) is 4.26. The molecule has 2 aromatic heterocycles. The number of aliphatic hydroxyl groups is 1. The number of thiophene rings is 1. The molecule has 2 rings (SSSR count). The molecule has 1 atom stereocenters. The standard InChI is InChI=1S/C10H8Br2O2S/c1-5-2-3-14-9(5)8(13)6-4-7(11)15-10(6)12/h2-4,8,13H,1H3. The first-order valence-corrected chi connectivity index (χ1v) is 6.66. The zero-order valence-corrected chi connectivity index (χ0v) is 11.8. The van der Waals surface area contributed by atoms with Gasteiger partial charge < -0.3 is 9.52 Å². The number of hydrogen-bond donors (Lipinski definition) is 1. The second kappa shape index (κ2) is 4.41. The van der Waals surface area contributed by atoms with Crippen molar-refractivity contribution in [2.75, 3.05) is 0 Å². The third kappa shape index (κ3) is 2.20. The summed E-state index contributed by atoms with van der Waals surface area (Å²) < 4.78 is 7.16. The van der Waals surface area contributed by atoms with Crippen molar-refractivity contribution < 1.29 is 9.52 Å². The maximum Gasteiger partial charge on any atom is 0.139 e. The molecule has 15 heavy (non-hydrogen) atoms. The molecule has 0 aromatic carbocycles. The van der Waals surface area contributed by atoms with Crippen LogP contribution >= 0.6 is 43.2 Å². The van der Waals surface area contributed by atoms with Crippen LogP contribution in [0.3, 0.4) is 0 Å². The summed E-state index contributed by atoms with van der Waals surface area (Å²) in [7, 11) is 0. The van der Waals surface area contributed by atoms with Crippen molar-refractivity contribution in [1.29, 1.82) is 0 Å². The zero-order chi connectivity index (χ0) is 11.0. The van der Waals surface area contributed by atoms with Crippen molar-refractivity contribution in [3.05, 3.63) is 42.9 Å². The zero-order valence-electron chi connectivity index (χ0n) is 7.83. The molecule has 1 unspecified atom stereocenters. The van der Waals surface area contributed by atoms with E-state index in [2.05, 4.69) is 31.9 Å².